The summed E-state index contributed by atoms with van der Waals surface area (Å²) in [6.07, 6.45) is -7.44. The summed E-state index contributed by atoms with van der Waals surface area (Å²) < 4.78 is 16.4. The van der Waals surface area contributed by atoms with Crippen molar-refractivity contribution in [2.75, 3.05) is 60.1 Å². The lowest BCUT2D eigenvalue weighted by Crippen LogP contribution is -2.62. The molecule has 2 aliphatic rings. The first-order valence-corrected chi connectivity index (χ1v) is 13.6. The van der Waals surface area contributed by atoms with E-state index in [1.807, 2.05) is 23.9 Å². The Morgan fingerprint density at radius 3 is 1.77 bits per heavy atom. The summed E-state index contributed by atoms with van der Waals surface area (Å²) in [5.41, 5.74) is 17.5. The molecular weight excluding hydrogens is 518 g/mol. The number of nitrogens with zero attached hydrogens (tertiary/aromatic N) is 2. The maximum absolute atomic E-state index is 10.3. The summed E-state index contributed by atoms with van der Waals surface area (Å²) in [7, 11) is 3.74. The minimum atomic E-state index is -1.32. The Balaban J connectivity index is 1.58. The molecule has 232 valence electrons. The first kappa shape index (κ1) is 34.6. The molecule has 13 N–H and O–H groups in total. The fourth-order valence-corrected chi connectivity index (χ4v) is 4.93. The van der Waals surface area contributed by atoms with E-state index >= 15 is 0 Å². The van der Waals surface area contributed by atoms with E-state index in [1.165, 1.54) is 0 Å². The van der Waals surface area contributed by atoms with Crippen LogP contribution in [0.15, 0.2) is 0 Å². The monoisotopic (exact) mass is 569 g/mol. The molecule has 1 heterocycles. The fourth-order valence-electron chi connectivity index (χ4n) is 4.93. The zero-order valence-electron chi connectivity index (χ0n) is 23.0. The normalized spacial score (nSPS) is 37.4. The lowest BCUT2D eigenvalue weighted by molar-refractivity contribution is -0.270. The highest BCUT2D eigenvalue weighted by Crippen LogP contribution is 2.22. The maximum atomic E-state index is 10.3. The zero-order valence-corrected chi connectivity index (χ0v) is 23.0. The number of unbranched alkanes of at least 4 members (excludes halogenated alkanes) is 1. The summed E-state index contributed by atoms with van der Waals surface area (Å²) >= 11 is 0. The van der Waals surface area contributed by atoms with Crippen LogP contribution < -0.4 is 17.2 Å². The second-order valence-electron chi connectivity index (χ2n) is 11.0. The molecule has 15 heteroatoms. The Bertz CT molecular complexity index is 671. The summed E-state index contributed by atoms with van der Waals surface area (Å²) in [4.78, 5) is 3.91. The highest BCUT2D eigenvalue weighted by molar-refractivity contribution is 4.97. The number of nitrogens with two attached hydrogens (primary N) is 3. The van der Waals surface area contributed by atoms with Gasteiger partial charge in [-0.05, 0) is 46.4 Å². The SMILES string of the molecule is CN(CCCCN(C)CC(O)CO[C@H]1O[C@H](CO)[C@@H](O)[C@H](O)[C@H]1N)CC(O)COC1[C@@H](O)[C@H](N)C[C@H](N)[C@H]1O. The molecule has 2 fully saturated rings. The number of aliphatic hydroxyl groups excluding tert-OH is 7. The average Bonchev–Trinajstić information content (AvgIpc) is 2.88. The van der Waals surface area contributed by atoms with E-state index in [2.05, 4.69) is 0 Å². The highest BCUT2D eigenvalue weighted by atomic mass is 16.7. The number of aliphatic hydroxyl groups is 7. The molecule has 0 aromatic rings. The van der Waals surface area contributed by atoms with E-state index in [0.717, 1.165) is 19.4 Å². The summed E-state index contributed by atoms with van der Waals surface area (Å²) in [6.45, 7) is 1.44. The van der Waals surface area contributed by atoms with Gasteiger partial charge >= 0.3 is 0 Å². The summed E-state index contributed by atoms with van der Waals surface area (Å²) in [6, 6.07) is -2.20. The fraction of sp³-hybridized carbons (Fsp3) is 1.00. The molecule has 15 nitrogen and oxygen atoms in total. The van der Waals surface area contributed by atoms with E-state index in [4.69, 9.17) is 31.4 Å². The number of likely N-dealkylation sites (N-methyl/N-ethyl adjacent to an activating group) is 2. The van der Waals surface area contributed by atoms with Crippen molar-refractivity contribution in [3.63, 3.8) is 0 Å². The van der Waals surface area contributed by atoms with Crippen LogP contribution in [-0.2, 0) is 14.2 Å². The Hall–Kier alpha value is -0.600. The van der Waals surface area contributed by atoms with Crippen molar-refractivity contribution in [3.8, 4) is 0 Å². The molecule has 3 unspecified atom stereocenters. The average molecular weight is 570 g/mol. The van der Waals surface area contributed by atoms with Crippen molar-refractivity contribution in [2.24, 2.45) is 17.2 Å². The standard InChI is InChI=1S/C24H51N5O10/c1-28(8-13(31)11-37-23-19(33)15(25)7-16(26)20(23)34)5-3-4-6-29(2)9-14(32)12-38-24-18(27)22(36)21(35)17(10-30)39-24/h13-24,30-36H,3-12,25-27H2,1-2H3/t13?,14?,15-,16+,17-,18-,19+,20-,21-,22-,23?,24+/m1/s1. The number of rotatable bonds is 16. The minimum absolute atomic E-state index is 0.0672. The number of hydrogen-bond donors (Lipinski definition) is 10. The predicted octanol–water partition coefficient (Wildman–Crippen LogP) is -5.70. The molecule has 1 aliphatic heterocycles. The van der Waals surface area contributed by atoms with E-state index in [0.29, 0.717) is 26.1 Å². The van der Waals surface area contributed by atoms with Crippen molar-refractivity contribution in [2.45, 2.75) is 92.5 Å². The quantitative estimate of drug-likeness (QED) is 0.0777. The molecule has 0 spiro atoms. The van der Waals surface area contributed by atoms with E-state index in [1.54, 1.807) is 0 Å². The van der Waals surface area contributed by atoms with Gasteiger partial charge < -0.3 is 77.0 Å². The largest absolute Gasteiger partial charge is 0.394 e. The molecule has 0 radical (unpaired) electrons. The lowest BCUT2D eigenvalue weighted by atomic mass is 9.85. The van der Waals surface area contributed by atoms with Crippen molar-refractivity contribution in [1.29, 1.82) is 0 Å². The third-order valence-electron chi connectivity index (χ3n) is 7.33. The number of ether oxygens (including phenoxy) is 3. The van der Waals surface area contributed by atoms with Gasteiger partial charge in [0, 0.05) is 25.2 Å². The van der Waals surface area contributed by atoms with Crippen LogP contribution in [-0.4, -0.2) is 179 Å². The molecular formula is C24H51N5O10. The molecule has 1 saturated carbocycles. The second kappa shape index (κ2) is 16.7. The highest BCUT2D eigenvalue weighted by Gasteiger charge is 2.43. The maximum Gasteiger partial charge on any atom is 0.175 e. The third kappa shape index (κ3) is 10.6. The molecule has 0 bridgehead atoms. The molecule has 12 atom stereocenters. The third-order valence-corrected chi connectivity index (χ3v) is 7.33. The first-order chi connectivity index (χ1) is 18.3. The first-order valence-electron chi connectivity index (χ1n) is 13.6. The van der Waals surface area contributed by atoms with Crippen LogP contribution in [0.5, 0.6) is 0 Å². The van der Waals surface area contributed by atoms with Gasteiger partial charge in [0.25, 0.3) is 0 Å². The number of hydrogen-bond acceptors (Lipinski definition) is 15. The molecule has 0 amide bonds. The lowest BCUT2D eigenvalue weighted by Gasteiger charge is -2.40. The van der Waals surface area contributed by atoms with Gasteiger partial charge in [0.1, 0.15) is 24.4 Å². The van der Waals surface area contributed by atoms with Gasteiger partial charge in [-0.3, -0.25) is 0 Å². The van der Waals surface area contributed by atoms with Crippen molar-refractivity contribution >= 4 is 0 Å². The topological polar surface area (TPSA) is 254 Å². The zero-order chi connectivity index (χ0) is 29.3. The predicted molar refractivity (Wildman–Crippen MR) is 140 cm³/mol. The van der Waals surface area contributed by atoms with Gasteiger partial charge in [-0.15, -0.1) is 0 Å². The molecule has 0 aromatic carbocycles. The van der Waals surface area contributed by atoms with E-state index in [9.17, 15) is 35.7 Å². The summed E-state index contributed by atoms with van der Waals surface area (Å²) in [5.74, 6) is 0. The van der Waals surface area contributed by atoms with Gasteiger partial charge in [-0.1, -0.05) is 0 Å². The molecule has 0 aromatic heterocycles. The van der Waals surface area contributed by atoms with Crippen LogP contribution >= 0.6 is 0 Å². The van der Waals surface area contributed by atoms with Crippen LogP contribution in [0.25, 0.3) is 0 Å². The van der Waals surface area contributed by atoms with Gasteiger partial charge in [0.15, 0.2) is 6.29 Å². The van der Waals surface area contributed by atoms with Crippen LogP contribution in [0.2, 0.25) is 0 Å². The van der Waals surface area contributed by atoms with Gasteiger partial charge in [-0.25, -0.2) is 0 Å². The van der Waals surface area contributed by atoms with E-state index in [-0.39, 0.29) is 13.2 Å². The van der Waals surface area contributed by atoms with Crippen LogP contribution in [0.1, 0.15) is 19.3 Å². The molecule has 39 heavy (non-hydrogen) atoms. The Morgan fingerprint density at radius 2 is 1.28 bits per heavy atom. The molecule has 1 aliphatic carbocycles. The van der Waals surface area contributed by atoms with Gasteiger partial charge in [0.2, 0.25) is 0 Å². The Labute approximate surface area is 230 Å². The van der Waals surface area contributed by atoms with Crippen molar-refractivity contribution in [1.82, 2.24) is 9.80 Å². The summed E-state index contributed by atoms with van der Waals surface area (Å²) in [5, 5.41) is 70.1. The Morgan fingerprint density at radius 1 is 0.795 bits per heavy atom. The van der Waals surface area contributed by atoms with Crippen LogP contribution in [0, 0.1) is 0 Å². The van der Waals surface area contributed by atoms with Gasteiger partial charge in [-0.2, -0.15) is 0 Å². The van der Waals surface area contributed by atoms with E-state index < -0.39 is 79.9 Å². The minimum Gasteiger partial charge on any atom is -0.394 e. The van der Waals surface area contributed by atoms with Gasteiger partial charge in [0.05, 0.1) is 50.3 Å². The molecule has 2 rings (SSSR count). The Kier molecular flexibility index (Phi) is 14.9. The van der Waals surface area contributed by atoms with Crippen molar-refractivity contribution < 1.29 is 50.0 Å². The smallest absolute Gasteiger partial charge is 0.175 e. The molecule has 1 saturated heterocycles. The second-order valence-corrected chi connectivity index (χ2v) is 11.0. The van der Waals surface area contributed by atoms with Crippen molar-refractivity contribution in [3.05, 3.63) is 0 Å². The van der Waals surface area contributed by atoms with Crippen LogP contribution in [0.4, 0.5) is 0 Å². The van der Waals surface area contributed by atoms with Crippen LogP contribution in [0.3, 0.4) is 0 Å².